The Morgan fingerprint density at radius 2 is 1.75 bits per heavy atom. The van der Waals surface area contributed by atoms with E-state index in [1.54, 1.807) is 13.0 Å². The highest BCUT2D eigenvalue weighted by atomic mass is 79.9. The molecule has 0 radical (unpaired) electrons. The molecule has 0 aliphatic heterocycles. The third-order valence-electron chi connectivity index (χ3n) is 2.81. The van der Waals surface area contributed by atoms with Crippen molar-refractivity contribution < 1.29 is 4.79 Å². The SMILES string of the molecule is C=C(Nc1ccc(Br)cc1)S/C(=C\C)C(N)=O.Cc1ccccc1. The van der Waals surface area contributed by atoms with E-state index in [9.17, 15) is 4.79 Å². The molecule has 2 aromatic carbocycles. The number of allylic oxidation sites excluding steroid dienone is 1. The number of carbonyl (C=O) groups excluding carboxylic acids is 1. The molecule has 0 aromatic heterocycles. The summed E-state index contributed by atoms with van der Waals surface area (Å²) in [6.07, 6.45) is 1.67. The van der Waals surface area contributed by atoms with Crippen molar-refractivity contribution in [2.45, 2.75) is 13.8 Å². The number of thioether (sulfide) groups is 1. The average molecular weight is 405 g/mol. The Balaban J connectivity index is 0.000000341. The number of halogens is 1. The first-order valence-electron chi connectivity index (χ1n) is 7.29. The first kappa shape index (κ1) is 20.1. The van der Waals surface area contributed by atoms with Crippen molar-refractivity contribution in [3.63, 3.8) is 0 Å². The maximum absolute atomic E-state index is 11.0. The lowest BCUT2D eigenvalue weighted by Gasteiger charge is -2.09. The second-order valence-electron chi connectivity index (χ2n) is 4.83. The lowest BCUT2D eigenvalue weighted by atomic mass is 10.2. The van der Waals surface area contributed by atoms with Crippen molar-refractivity contribution in [1.29, 1.82) is 0 Å². The molecule has 5 heteroatoms. The van der Waals surface area contributed by atoms with Gasteiger partial charge < -0.3 is 11.1 Å². The molecule has 24 heavy (non-hydrogen) atoms. The highest BCUT2D eigenvalue weighted by Gasteiger charge is 2.06. The summed E-state index contributed by atoms with van der Waals surface area (Å²) in [5, 5.41) is 3.74. The van der Waals surface area contributed by atoms with E-state index in [2.05, 4.69) is 46.9 Å². The molecule has 2 rings (SSSR count). The number of hydrogen-bond donors (Lipinski definition) is 2. The first-order valence-corrected chi connectivity index (χ1v) is 8.90. The third-order valence-corrected chi connectivity index (χ3v) is 4.34. The normalized spacial score (nSPS) is 10.4. The Kier molecular flexibility index (Phi) is 8.97. The molecule has 0 saturated carbocycles. The zero-order chi connectivity index (χ0) is 17.9. The fourth-order valence-corrected chi connectivity index (χ4v) is 2.56. The number of primary amides is 1. The van der Waals surface area contributed by atoms with E-state index in [4.69, 9.17) is 5.73 Å². The molecule has 0 fully saturated rings. The smallest absolute Gasteiger partial charge is 0.255 e. The Bertz CT molecular complexity index is 697. The van der Waals surface area contributed by atoms with E-state index in [0.29, 0.717) is 9.93 Å². The van der Waals surface area contributed by atoms with Crippen molar-refractivity contribution >= 4 is 39.3 Å². The summed E-state index contributed by atoms with van der Waals surface area (Å²) in [4.78, 5) is 11.5. The standard InChI is InChI=1S/C12H13BrN2OS.C7H8/c1-3-11(12(14)16)17-8(2)15-10-6-4-9(13)5-7-10;1-7-5-3-2-4-6-7/h3-7,15H,2H2,1H3,(H2,14,16);2-6H,1H3/b11-3-;. The maximum atomic E-state index is 11.0. The van der Waals surface area contributed by atoms with Gasteiger partial charge in [-0.05, 0) is 38.1 Å². The number of nitrogens with two attached hydrogens (primary N) is 1. The Labute approximate surface area is 156 Å². The van der Waals surface area contributed by atoms with E-state index in [1.165, 1.54) is 17.3 Å². The molecule has 0 aliphatic rings. The van der Waals surface area contributed by atoms with Gasteiger partial charge in [0, 0.05) is 10.2 Å². The van der Waals surface area contributed by atoms with Crippen molar-refractivity contribution in [2.75, 3.05) is 5.32 Å². The van der Waals surface area contributed by atoms with E-state index >= 15 is 0 Å². The van der Waals surface area contributed by atoms with E-state index in [0.717, 1.165) is 10.2 Å². The Morgan fingerprint density at radius 1 is 1.17 bits per heavy atom. The quantitative estimate of drug-likeness (QED) is 0.651. The minimum absolute atomic E-state index is 0.448. The summed E-state index contributed by atoms with van der Waals surface area (Å²) < 4.78 is 1.01. The number of anilines is 1. The topological polar surface area (TPSA) is 55.1 Å². The number of benzene rings is 2. The molecule has 0 bridgehead atoms. The summed E-state index contributed by atoms with van der Waals surface area (Å²) in [6.45, 7) is 7.68. The van der Waals surface area contributed by atoms with Gasteiger partial charge in [-0.15, -0.1) is 0 Å². The summed E-state index contributed by atoms with van der Waals surface area (Å²) in [5.41, 5.74) is 7.44. The number of rotatable bonds is 5. The van der Waals surface area contributed by atoms with Gasteiger partial charge in [-0.2, -0.15) is 0 Å². The third kappa shape index (κ3) is 8.04. The van der Waals surface area contributed by atoms with Crippen LogP contribution in [-0.4, -0.2) is 5.91 Å². The maximum Gasteiger partial charge on any atom is 0.255 e. The molecule has 1 amide bonds. The zero-order valence-corrected chi connectivity index (χ0v) is 16.2. The van der Waals surface area contributed by atoms with Gasteiger partial charge in [0.2, 0.25) is 0 Å². The largest absolute Gasteiger partial charge is 0.365 e. The highest BCUT2D eigenvalue weighted by Crippen LogP contribution is 2.25. The second kappa shape index (κ2) is 10.7. The van der Waals surface area contributed by atoms with Gasteiger partial charge in [0.05, 0.1) is 9.93 Å². The van der Waals surface area contributed by atoms with E-state index in [1.807, 2.05) is 42.5 Å². The van der Waals surface area contributed by atoms with Gasteiger partial charge in [0.1, 0.15) is 0 Å². The molecular formula is C19H21BrN2OS. The fourth-order valence-electron chi connectivity index (χ4n) is 1.64. The molecular weight excluding hydrogens is 384 g/mol. The molecule has 0 heterocycles. The van der Waals surface area contributed by atoms with Gasteiger partial charge >= 0.3 is 0 Å². The zero-order valence-electron chi connectivity index (χ0n) is 13.8. The van der Waals surface area contributed by atoms with Crippen LogP contribution in [-0.2, 0) is 4.79 Å². The fraction of sp³-hybridized carbons (Fsp3) is 0.105. The van der Waals surface area contributed by atoms with Crippen LogP contribution in [0.3, 0.4) is 0 Å². The van der Waals surface area contributed by atoms with Gasteiger partial charge in [0.15, 0.2) is 0 Å². The number of nitrogens with one attached hydrogen (secondary N) is 1. The van der Waals surface area contributed by atoms with E-state index in [-0.39, 0.29) is 0 Å². The molecule has 126 valence electrons. The summed E-state index contributed by atoms with van der Waals surface area (Å²) in [5.74, 6) is -0.448. The molecule has 0 atom stereocenters. The minimum Gasteiger partial charge on any atom is -0.365 e. The van der Waals surface area contributed by atoms with Crippen LogP contribution in [0.15, 0.2) is 81.7 Å². The summed E-state index contributed by atoms with van der Waals surface area (Å²) in [6, 6.07) is 17.9. The second-order valence-corrected chi connectivity index (χ2v) is 6.88. The van der Waals surface area contributed by atoms with Crippen molar-refractivity contribution in [1.82, 2.24) is 0 Å². The summed E-state index contributed by atoms with van der Waals surface area (Å²) >= 11 is 4.58. The van der Waals surface area contributed by atoms with Crippen LogP contribution >= 0.6 is 27.7 Å². The monoisotopic (exact) mass is 404 g/mol. The van der Waals surface area contributed by atoms with Gasteiger partial charge in [-0.1, -0.05) is 76.2 Å². The highest BCUT2D eigenvalue weighted by molar-refractivity contribution is 9.10. The van der Waals surface area contributed by atoms with E-state index < -0.39 is 5.91 Å². The predicted molar refractivity (Wildman–Crippen MR) is 109 cm³/mol. The molecule has 0 aliphatic carbocycles. The molecule has 3 N–H and O–H groups in total. The minimum atomic E-state index is -0.448. The van der Waals surface area contributed by atoms with Crippen LogP contribution in [0, 0.1) is 6.92 Å². The van der Waals surface area contributed by atoms with Crippen LogP contribution < -0.4 is 11.1 Å². The molecule has 3 nitrogen and oxygen atoms in total. The molecule has 2 aromatic rings. The molecule has 0 unspecified atom stereocenters. The van der Waals surface area contributed by atoms with Gasteiger partial charge in [-0.3, -0.25) is 4.79 Å². The Hall–Kier alpha value is -1.98. The lowest BCUT2D eigenvalue weighted by Crippen LogP contribution is -2.12. The van der Waals surface area contributed by atoms with Crippen molar-refractivity contribution in [2.24, 2.45) is 5.73 Å². The number of carbonyl (C=O) groups is 1. The Morgan fingerprint density at radius 3 is 2.17 bits per heavy atom. The molecule has 0 spiro atoms. The van der Waals surface area contributed by atoms with Crippen LogP contribution in [0.2, 0.25) is 0 Å². The van der Waals surface area contributed by atoms with Gasteiger partial charge in [-0.25, -0.2) is 0 Å². The van der Waals surface area contributed by atoms with Gasteiger partial charge in [0.25, 0.3) is 5.91 Å². The number of amides is 1. The van der Waals surface area contributed by atoms with Crippen LogP contribution in [0.5, 0.6) is 0 Å². The average Bonchev–Trinajstić information content (AvgIpc) is 2.56. The molecule has 0 saturated heterocycles. The predicted octanol–water partition coefficient (Wildman–Crippen LogP) is 5.45. The van der Waals surface area contributed by atoms with Crippen molar-refractivity contribution in [3.8, 4) is 0 Å². The van der Waals surface area contributed by atoms with Crippen molar-refractivity contribution in [3.05, 3.63) is 87.2 Å². The lowest BCUT2D eigenvalue weighted by molar-refractivity contribution is -0.113. The number of hydrogen-bond acceptors (Lipinski definition) is 3. The van der Waals surface area contributed by atoms with Crippen LogP contribution in [0.25, 0.3) is 0 Å². The van der Waals surface area contributed by atoms with Crippen LogP contribution in [0.4, 0.5) is 5.69 Å². The first-order chi connectivity index (χ1) is 11.4. The summed E-state index contributed by atoms with van der Waals surface area (Å²) in [7, 11) is 0. The number of aryl methyl sites for hydroxylation is 1. The van der Waals surface area contributed by atoms with Crippen LogP contribution in [0.1, 0.15) is 12.5 Å².